The van der Waals surface area contributed by atoms with E-state index in [1.807, 2.05) is 42.5 Å². The van der Waals surface area contributed by atoms with E-state index in [1.165, 1.54) is 4.90 Å². The van der Waals surface area contributed by atoms with Gasteiger partial charge in [-0.05, 0) is 38.5 Å². The Morgan fingerprint density at radius 1 is 1.12 bits per heavy atom. The lowest BCUT2D eigenvalue weighted by atomic mass is 10.0. The number of nitrogens with zero attached hydrogens (tertiary/aromatic N) is 2. The molecule has 1 saturated carbocycles. The molecule has 1 aliphatic carbocycles. The maximum absolute atomic E-state index is 13.4. The molecule has 1 aliphatic heterocycles. The first-order valence-corrected chi connectivity index (χ1v) is 15.0. The van der Waals surface area contributed by atoms with Crippen LogP contribution in [0.3, 0.4) is 0 Å². The summed E-state index contributed by atoms with van der Waals surface area (Å²) in [6.07, 6.45) is -0.286. The van der Waals surface area contributed by atoms with Crippen LogP contribution in [0.5, 0.6) is 0 Å². The summed E-state index contributed by atoms with van der Waals surface area (Å²) >= 11 is 0. The van der Waals surface area contributed by atoms with Gasteiger partial charge in [0, 0.05) is 18.3 Å². The summed E-state index contributed by atoms with van der Waals surface area (Å²) in [4.78, 5) is 41.3. The van der Waals surface area contributed by atoms with Crippen LogP contribution in [0.2, 0.25) is 19.6 Å². The summed E-state index contributed by atoms with van der Waals surface area (Å²) in [5.41, 5.74) is 0.779. The minimum atomic E-state index is -1.77. The number of ketones is 1. The summed E-state index contributed by atoms with van der Waals surface area (Å²) in [7, 11) is -1.77. The van der Waals surface area contributed by atoms with Crippen molar-refractivity contribution < 1.29 is 19.1 Å². The van der Waals surface area contributed by atoms with E-state index in [4.69, 9.17) is 4.74 Å². The molecule has 0 unspecified atom stereocenters. The molecule has 0 radical (unpaired) electrons. The van der Waals surface area contributed by atoms with Gasteiger partial charge in [0.25, 0.3) is 5.91 Å². The van der Waals surface area contributed by atoms with Gasteiger partial charge in [0.15, 0.2) is 5.78 Å². The fraction of sp³-hybridized carbons (Fsp3) is 0.480. The Bertz CT molecular complexity index is 1080. The first-order chi connectivity index (χ1) is 15.4. The molecule has 176 valence electrons. The third-order valence-electron chi connectivity index (χ3n) is 6.20. The molecule has 0 spiro atoms. The average Bonchev–Trinajstić information content (AvgIpc) is 3.27. The van der Waals surface area contributed by atoms with E-state index < -0.39 is 31.9 Å². The summed E-state index contributed by atoms with van der Waals surface area (Å²) in [6.45, 7) is 12.3. The Labute approximate surface area is 196 Å². The van der Waals surface area contributed by atoms with Gasteiger partial charge in [-0.25, -0.2) is 4.79 Å². The van der Waals surface area contributed by atoms with Gasteiger partial charge in [0.1, 0.15) is 17.3 Å². The van der Waals surface area contributed by atoms with E-state index in [1.54, 1.807) is 20.8 Å². The molecule has 0 bridgehead atoms. The van der Waals surface area contributed by atoms with Crippen molar-refractivity contribution in [2.75, 3.05) is 0 Å². The van der Waals surface area contributed by atoms with E-state index in [-0.39, 0.29) is 30.7 Å². The number of benzene rings is 1. The quantitative estimate of drug-likeness (QED) is 0.699. The monoisotopic (exact) mass is 467 g/mol. The highest BCUT2D eigenvalue weighted by Gasteiger charge is 2.52. The third kappa shape index (κ3) is 4.49. The number of aromatic nitrogens is 1. The third-order valence-corrected chi connectivity index (χ3v) is 8.15. The standard InChI is InChI=1S/C25H33N3O4Si/c1-25(2,3)32-24(31)27(15-16-10-8-7-9-11-16)22-19(29)14-18-21(22)26-23(30)17-12-13-20(28(17)18)33(4,5)6/h7-13,18,21-22H,14-15H2,1-6H3,(H,26,30)/t18-,21-,22-/m1/s1. The molecule has 4 rings (SSSR count). The number of fused-ring (bicyclic) bond motifs is 3. The van der Waals surface area contributed by atoms with Crippen molar-refractivity contribution in [3.05, 3.63) is 53.7 Å². The second-order valence-electron chi connectivity index (χ2n) is 11.0. The number of nitrogens with one attached hydrogen (secondary N) is 1. The summed E-state index contributed by atoms with van der Waals surface area (Å²) < 4.78 is 7.77. The second kappa shape index (κ2) is 8.16. The molecule has 2 aliphatic rings. The molecular weight excluding hydrogens is 434 g/mol. The van der Waals surface area contributed by atoms with Crippen molar-refractivity contribution in [1.29, 1.82) is 0 Å². The van der Waals surface area contributed by atoms with Crippen molar-refractivity contribution in [2.45, 2.75) is 77.1 Å². The number of hydrogen-bond acceptors (Lipinski definition) is 4. The molecule has 33 heavy (non-hydrogen) atoms. The first-order valence-electron chi connectivity index (χ1n) is 11.5. The Morgan fingerprint density at radius 3 is 2.39 bits per heavy atom. The number of amides is 2. The second-order valence-corrected chi connectivity index (χ2v) is 16.0. The number of ether oxygens (including phenoxy) is 1. The van der Waals surface area contributed by atoms with Crippen LogP contribution < -0.4 is 10.6 Å². The molecule has 1 aromatic heterocycles. The predicted molar refractivity (Wildman–Crippen MR) is 129 cm³/mol. The van der Waals surface area contributed by atoms with Gasteiger partial charge >= 0.3 is 6.09 Å². The van der Waals surface area contributed by atoms with Crippen LogP contribution in [0.25, 0.3) is 0 Å². The lowest BCUT2D eigenvalue weighted by molar-refractivity contribution is -0.122. The van der Waals surface area contributed by atoms with Gasteiger partial charge in [-0.15, -0.1) is 0 Å². The van der Waals surface area contributed by atoms with Gasteiger partial charge in [-0.1, -0.05) is 50.0 Å². The fourth-order valence-corrected chi connectivity index (χ4v) is 6.46. The molecule has 1 N–H and O–H groups in total. The van der Waals surface area contributed by atoms with Gasteiger partial charge in [0.05, 0.1) is 20.2 Å². The van der Waals surface area contributed by atoms with Gasteiger partial charge in [-0.2, -0.15) is 0 Å². The van der Waals surface area contributed by atoms with Crippen molar-refractivity contribution in [2.24, 2.45) is 0 Å². The molecule has 2 heterocycles. The summed E-state index contributed by atoms with van der Waals surface area (Å²) in [5, 5.41) is 4.19. The topological polar surface area (TPSA) is 80.6 Å². The van der Waals surface area contributed by atoms with E-state index in [0.717, 1.165) is 10.9 Å². The molecule has 0 saturated heterocycles. The van der Waals surface area contributed by atoms with E-state index in [2.05, 4.69) is 29.5 Å². The Morgan fingerprint density at radius 2 is 1.79 bits per heavy atom. The molecular formula is C25H33N3O4Si. The van der Waals surface area contributed by atoms with Gasteiger partial charge in [0.2, 0.25) is 0 Å². The summed E-state index contributed by atoms with van der Waals surface area (Å²) in [5.74, 6) is -0.264. The van der Waals surface area contributed by atoms with Gasteiger partial charge < -0.3 is 14.6 Å². The van der Waals surface area contributed by atoms with Crippen molar-refractivity contribution >= 4 is 31.2 Å². The highest BCUT2D eigenvalue weighted by atomic mass is 28.3. The molecule has 2 amide bonds. The van der Waals surface area contributed by atoms with Crippen LogP contribution >= 0.6 is 0 Å². The van der Waals surface area contributed by atoms with E-state index in [9.17, 15) is 14.4 Å². The lowest BCUT2D eigenvalue weighted by Crippen LogP contribution is -2.59. The van der Waals surface area contributed by atoms with E-state index in [0.29, 0.717) is 5.69 Å². The number of carbonyl (C=O) groups is 3. The van der Waals surface area contributed by atoms with Crippen LogP contribution in [0.1, 0.15) is 49.3 Å². The smallest absolute Gasteiger partial charge is 0.411 e. The normalized spacial score (nSPS) is 22.4. The van der Waals surface area contributed by atoms with Crippen LogP contribution in [-0.2, 0) is 16.1 Å². The van der Waals surface area contributed by atoms with Crippen LogP contribution in [0.15, 0.2) is 42.5 Å². The Hall–Kier alpha value is -2.87. The maximum Gasteiger partial charge on any atom is 0.411 e. The molecule has 2 aromatic rings. The lowest BCUT2D eigenvalue weighted by Gasteiger charge is -2.38. The minimum Gasteiger partial charge on any atom is -0.444 e. The zero-order valence-corrected chi connectivity index (χ0v) is 21.2. The summed E-state index contributed by atoms with van der Waals surface area (Å²) in [6, 6.07) is 11.9. The molecule has 7 nitrogen and oxygen atoms in total. The number of rotatable bonds is 4. The highest BCUT2D eigenvalue weighted by molar-refractivity contribution is 6.88. The van der Waals surface area contributed by atoms with E-state index >= 15 is 0 Å². The largest absolute Gasteiger partial charge is 0.444 e. The number of hydrogen-bond donors (Lipinski definition) is 1. The first kappa shape index (κ1) is 23.3. The van der Waals surface area contributed by atoms with Crippen molar-refractivity contribution in [3.8, 4) is 0 Å². The number of Topliss-reactive ketones (excluding diaryl/α,β-unsaturated/α-hetero) is 1. The highest BCUT2D eigenvalue weighted by Crippen LogP contribution is 2.36. The molecule has 3 atom stereocenters. The molecule has 1 fully saturated rings. The van der Waals surface area contributed by atoms with Crippen LogP contribution in [0, 0.1) is 0 Å². The molecule has 8 heteroatoms. The van der Waals surface area contributed by atoms with Crippen LogP contribution in [0.4, 0.5) is 4.79 Å². The van der Waals surface area contributed by atoms with Crippen molar-refractivity contribution in [3.63, 3.8) is 0 Å². The average molecular weight is 468 g/mol. The Kier molecular flexibility index (Phi) is 5.76. The zero-order chi connectivity index (χ0) is 24.1. The SMILES string of the molecule is CC(C)(C)OC(=O)N(Cc1ccccc1)[C@@H]1C(=O)C[C@@H]2[C@H]1NC(=O)c1ccc([Si](C)(C)C)n12. The minimum absolute atomic E-state index is 0.0600. The fourth-order valence-electron chi connectivity index (χ4n) is 4.86. The van der Waals surface area contributed by atoms with Gasteiger partial charge in [-0.3, -0.25) is 14.5 Å². The molecule has 1 aromatic carbocycles. The van der Waals surface area contributed by atoms with Crippen molar-refractivity contribution in [1.82, 2.24) is 14.8 Å². The van der Waals surface area contributed by atoms with Crippen LogP contribution in [-0.4, -0.2) is 53.0 Å². The predicted octanol–water partition coefficient (Wildman–Crippen LogP) is 3.47. The number of carbonyl (C=O) groups excluding carboxylic acids is 3. The Balaban J connectivity index is 1.74. The zero-order valence-electron chi connectivity index (χ0n) is 20.2. The maximum atomic E-state index is 13.4.